The van der Waals surface area contributed by atoms with Crippen LogP contribution in [0.5, 0.6) is 0 Å². The van der Waals surface area contributed by atoms with Gasteiger partial charge in [-0.15, -0.1) is 0 Å². The molecule has 0 atom stereocenters. The van der Waals surface area contributed by atoms with Crippen molar-refractivity contribution in [2.45, 2.75) is 13.0 Å². The summed E-state index contributed by atoms with van der Waals surface area (Å²) in [6.07, 6.45) is 0.812. The number of rotatable bonds is 6. The Balaban J connectivity index is 2.62. The van der Waals surface area contributed by atoms with Crippen molar-refractivity contribution in [3.63, 3.8) is 0 Å². The van der Waals surface area contributed by atoms with E-state index in [1.165, 1.54) is 11.3 Å². The zero-order valence-electron chi connectivity index (χ0n) is 9.53. The van der Waals surface area contributed by atoms with Crippen LogP contribution in [0.15, 0.2) is 24.3 Å². The lowest BCUT2D eigenvalue weighted by molar-refractivity contribution is 0.290. The average molecular weight is 208 g/mol. The molecule has 0 saturated heterocycles. The van der Waals surface area contributed by atoms with Crippen molar-refractivity contribution in [2.75, 3.05) is 32.1 Å². The molecule has 0 aromatic heterocycles. The molecule has 0 aliphatic carbocycles. The normalized spacial score (nSPS) is 10.3. The molecule has 0 aliphatic heterocycles. The molecule has 0 unspecified atom stereocenters. The standard InChI is InChI=1S/C12H20N2O/c1-13-10-11-5-3-6-12(9-11)14(2)7-4-8-15/h3,5-6,9,13,15H,4,7-8,10H2,1-2H3. The Labute approximate surface area is 91.7 Å². The Morgan fingerprint density at radius 1 is 1.40 bits per heavy atom. The minimum absolute atomic E-state index is 0.251. The van der Waals surface area contributed by atoms with Crippen LogP contribution in [-0.4, -0.2) is 32.4 Å². The fourth-order valence-electron chi connectivity index (χ4n) is 1.54. The molecule has 0 saturated carbocycles. The zero-order valence-corrected chi connectivity index (χ0v) is 9.53. The van der Waals surface area contributed by atoms with Crippen LogP contribution >= 0.6 is 0 Å². The van der Waals surface area contributed by atoms with E-state index in [9.17, 15) is 0 Å². The van der Waals surface area contributed by atoms with Gasteiger partial charge in [-0.1, -0.05) is 12.1 Å². The number of hydrogen-bond acceptors (Lipinski definition) is 3. The lowest BCUT2D eigenvalue weighted by Gasteiger charge is -2.19. The van der Waals surface area contributed by atoms with Crippen LogP contribution < -0.4 is 10.2 Å². The first-order valence-corrected chi connectivity index (χ1v) is 5.33. The molecule has 0 fully saturated rings. The van der Waals surface area contributed by atoms with Crippen LogP contribution in [-0.2, 0) is 6.54 Å². The predicted octanol–water partition coefficient (Wildman–Crippen LogP) is 1.22. The molecule has 2 N–H and O–H groups in total. The lowest BCUT2D eigenvalue weighted by atomic mass is 10.2. The van der Waals surface area contributed by atoms with E-state index in [2.05, 4.69) is 34.5 Å². The lowest BCUT2D eigenvalue weighted by Crippen LogP contribution is -2.19. The van der Waals surface area contributed by atoms with Gasteiger partial charge >= 0.3 is 0 Å². The van der Waals surface area contributed by atoms with E-state index in [4.69, 9.17) is 5.11 Å². The van der Waals surface area contributed by atoms with E-state index in [1.807, 2.05) is 14.1 Å². The average Bonchev–Trinajstić information content (AvgIpc) is 2.27. The van der Waals surface area contributed by atoms with Crippen LogP contribution in [0.2, 0.25) is 0 Å². The summed E-state index contributed by atoms with van der Waals surface area (Å²) in [5, 5.41) is 11.9. The summed E-state index contributed by atoms with van der Waals surface area (Å²) in [7, 11) is 4.00. The monoisotopic (exact) mass is 208 g/mol. The molecule has 84 valence electrons. The second-order valence-corrected chi connectivity index (χ2v) is 3.70. The number of aliphatic hydroxyl groups excluding tert-OH is 1. The third-order valence-corrected chi connectivity index (χ3v) is 2.38. The first kappa shape index (κ1) is 12.0. The molecular weight excluding hydrogens is 188 g/mol. The minimum atomic E-state index is 0.251. The summed E-state index contributed by atoms with van der Waals surface area (Å²) < 4.78 is 0. The van der Waals surface area contributed by atoms with Gasteiger partial charge in [-0.2, -0.15) is 0 Å². The number of benzene rings is 1. The molecule has 0 heterocycles. The summed E-state index contributed by atoms with van der Waals surface area (Å²) >= 11 is 0. The first-order valence-electron chi connectivity index (χ1n) is 5.33. The third kappa shape index (κ3) is 3.90. The van der Waals surface area contributed by atoms with Crippen molar-refractivity contribution in [3.8, 4) is 0 Å². The molecule has 0 bridgehead atoms. The van der Waals surface area contributed by atoms with Crippen LogP contribution in [0.1, 0.15) is 12.0 Å². The fraction of sp³-hybridized carbons (Fsp3) is 0.500. The Morgan fingerprint density at radius 2 is 2.20 bits per heavy atom. The Bertz CT molecular complexity index is 289. The summed E-state index contributed by atoms with van der Waals surface area (Å²) in [4.78, 5) is 2.16. The van der Waals surface area contributed by atoms with E-state index in [-0.39, 0.29) is 6.61 Å². The molecule has 15 heavy (non-hydrogen) atoms. The summed E-state index contributed by atoms with van der Waals surface area (Å²) in [6.45, 7) is 2.03. The Hall–Kier alpha value is -1.06. The van der Waals surface area contributed by atoms with Crippen LogP contribution in [0.4, 0.5) is 5.69 Å². The smallest absolute Gasteiger partial charge is 0.0447 e. The van der Waals surface area contributed by atoms with E-state index < -0.39 is 0 Å². The summed E-state index contributed by atoms with van der Waals surface area (Å²) in [6, 6.07) is 8.45. The van der Waals surface area contributed by atoms with Gasteiger partial charge in [0.2, 0.25) is 0 Å². The topological polar surface area (TPSA) is 35.5 Å². The van der Waals surface area contributed by atoms with Gasteiger partial charge in [0, 0.05) is 32.4 Å². The molecular formula is C12H20N2O. The van der Waals surface area contributed by atoms with Gasteiger partial charge in [0.25, 0.3) is 0 Å². The number of nitrogens with zero attached hydrogens (tertiary/aromatic N) is 1. The minimum Gasteiger partial charge on any atom is -0.396 e. The van der Waals surface area contributed by atoms with Crippen molar-refractivity contribution < 1.29 is 5.11 Å². The molecule has 0 aliphatic rings. The molecule has 1 aromatic carbocycles. The zero-order chi connectivity index (χ0) is 11.1. The van der Waals surface area contributed by atoms with E-state index in [0.29, 0.717) is 0 Å². The van der Waals surface area contributed by atoms with Crippen molar-refractivity contribution in [3.05, 3.63) is 29.8 Å². The SMILES string of the molecule is CNCc1cccc(N(C)CCCO)c1. The van der Waals surface area contributed by atoms with Crippen molar-refractivity contribution in [2.24, 2.45) is 0 Å². The van der Waals surface area contributed by atoms with Gasteiger partial charge in [-0.25, -0.2) is 0 Å². The molecule has 1 aromatic rings. The Morgan fingerprint density at radius 3 is 2.87 bits per heavy atom. The molecule has 0 amide bonds. The number of hydrogen-bond donors (Lipinski definition) is 2. The highest BCUT2D eigenvalue weighted by molar-refractivity contribution is 5.47. The van der Waals surface area contributed by atoms with Gasteiger partial charge in [0.1, 0.15) is 0 Å². The van der Waals surface area contributed by atoms with Crippen molar-refractivity contribution in [1.82, 2.24) is 5.32 Å². The van der Waals surface area contributed by atoms with Crippen LogP contribution in [0, 0.1) is 0 Å². The van der Waals surface area contributed by atoms with Crippen LogP contribution in [0.25, 0.3) is 0 Å². The maximum Gasteiger partial charge on any atom is 0.0447 e. The largest absolute Gasteiger partial charge is 0.396 e. The van der Waals surface area contributed by atoms with E-state index >= 15 is 0 Å². The highest BCUT2D eigenvalue weighted by Crippen LogP contribution is 2.14. The van der Waals surface area contributed by atoms with Gasteiger partial charge in [-0.3, -0.25) is 0 Å². The van der Waals surface area contributed by atoms with Gasteiger partial charge < -0.3 is 15.3 Å². The quantitative estimate of drug-likeness (QED) is 0.738. The molecule has 0 radical (unpaired) electrons. The van der Waals surface area contributed by atoms with Crippen LogP contribution in [0.3, 0.4) is 0 Å². The first-order chi connectivity index (χ1) is 7.27. The highest BCUT2D eigenvalue weighted by Gasteiger charge is 2.00. The predicted molar refractivity (Wildman–Crippen MR) is 64.2 cm³/mol. The number of anilines is 1. The summed E-state index contributed by atoms with van der Waals surface area (Å²) in [5.41, 5.74) is 2.49. The van der Waals surface area contributed by atoms with Crippen molar-refractivity contribution in [1.29, 1.82) is 0 Å². The van der Waals surface area contributed by atoms with E-state index in [0.717, 1.165) is 19.5 Å². The van der Waals surface area contributed by atoms with Gasteiger partial charge in [-0.05, 0) is 31.2 Å². The number of nitrogens with one attached hydrogen (secondary N) is 1. The van der Waals surface area contributed by atoms with E-state index in [1.54, 1.807) is 0 Å². The highest BCUT2D eigenvalue weighted by atomic mass is 16.3. The molecule has 0 spiro atoms. The molecule has 1 rings (SSSR count). The second kappa shape index (κ2) is 6.43. The summed E-state index contributed by atoms with van der Waals surface area (Å²) in [5.74, 6) is 0. The Kier molecular flexibility index (Phi) is 5.15. The third-order valence-electron chi connectivity index (χ3n) is 2.38. The maximum absolute atomic E-state index is 8.76. The maximum atomic E-state index is 8.76. The molecule has 3 nitrogen and oxygen atoms in total. The van der Waals surface area contributed by atoms with Crippen molar-refractivity contribution >= 4 is 5.69 Å². The van der Waals surface area contributed by atoms with Gasteiger partial charge in [0.15, 0.2) is 0 Å². The number of aliphatic hydroxyl groups is 1. The van der Waals surface area contributed by atoms with Gasteiger partial charge in [0.05, 0.1) is 0 Å². The molecule has 3 heteroatoms. The second-order valence-electron chi connectivity index (χ2n) is 3.70. The fourth-order valence-corrected chi connectivity index (χ4v) is 1.54.